The molecule has 1 aliphatic rings. The molecule has 1 saturated heterocycles. The molecular weight excluding hydrogens is 292 g/mol. The summed E-state index contributed by atoms with van der Waals surface area (Å²) >= 11 is 3.45. The Bertz CT molecular complexity index is 515. The summed E-state index contributed by atoms with van der Waals surface area (Å²) in [4.78, 5) is 0. The minimum absolute atomic E-state index is 0.444. The monoisotopic (exact) mass is 306 g/mol. The van der Waals surface area contributed by atoms with E-state index in [0.29, 0.717) is 5.92 Å². The van der Waals surface area contributed by atoms with Gasteiger partial charge < -0.3 is 9.84 Å². The molecule has 1 unspecified atom stereocenters. The first-order valence-electron chi connectivity index (χ1n) is 6.26. The lowest BCUT2D eigenvalue weighted by molar-refractivity contribution is 0.330. The van der Waals surface area contributed by atoms with E-state index in [0.717, 1.165) is 28.9 Å². The van der Waals surface area contributed by atoms with E-state index < -0.39 is 0 Å². The molecule has 1 aliphatic heterocycles. The summed E-state index contributed by atoms with van der Waals surface area (Å²) in [5, 5.41) is 7.40. The maximum absolute atomic E-state index is 5.49. The lowest BCUT2D eigenvalue weighted by Crippen LogP contribution is -2.28. The zero-order chi connectivity index (χ0) is 12.4. The van der Waals surface area contributed by atoms with Gasteiger partial charge in [0.2, 0.25) is 0 Å². The van der Waals surface area contributed by atoms with E-state index in [-0.39, 0.29) is 0 Å². The van der Waals surface area contributed by atoms with E-state index in [1.165, 1.54) is 18.4 Å². The van der Waals surface area contributed by atoms with Gasteiger partial charge in [-0.3, -0.25) is 0 Å². The van der Waals surface area contributed by atoms with Crippen molar-refractivity contribution in [2.45, 2.75) is 18.8 Å². The molecule has 94 valence electrons. The van der Waals surface area contributed by atoms with Crippen LogP contribution in [0.4, 0.5) is 0 Å². The molecule has 3 rings (SSSR count). The van der Waals surface area contributed by atoms with Crippen molar-refractivity contribution in [2.75, 3.05) is 13.1 Å². The van der Waals surface area contributed by atoms with Crippen LogP contribution in [0.25, 0.3) is 11.1 Å². The predicted octanol–water partition coefficient (Wildman–Crippen LogP) is 3.57. The molecule has 2 aromatic rings. The minimum Gasteiger partial charge on any atom is -0.360 e. The van der Waals surface area contributed by atoms with Crippen LogP contribution in [0, 0.1) is 0 Å². The molecule has 1 N–H and O–H groups in total. The Labute approximate surface area is 115 Å². The lowest BCUT2D eigenvalue weighted by Gasteiger charge is -2.21. The van der Waals surface area contributed by atoms with Crippen LogP contribution in [0.3, 0.4) is 0 Å². The number of nitrogens with zero attached hydrogens (tertiary/aromatic N) is 1. The molecule has 1 fully saturated rings. The van der Waals surface area contributed by atoms with Gasteiger partial charge in [-0.15, -0.1) is 0 Å². The first-order valence-corrected chi connectivity index (χ1v) is 7.05. The average molecular weight is 307 g/mol. The Kier molecular flexibility index (Phi) is 3.48. The zero-order valence-corrected chi connectivity index (χ0v) is 11.6. The summed E-state index contributed by atoms with van der Waals surface area (Å²) in [6.45, 7) is 2.09. The molecule has 0 aliphatic carbocycles. The molecule has 1 aromatic heterocycles. The normalized spacial score (nSPS) is 19.9. The molecule has 4 heteroatoms. The van der Waals surface area contributed by atoms with Crippen molar-refractivity contribution in [3.8, 4) is 11.1 Å². The van der Waals surface area contributed by atoms with Gasteiger partial charge >= 0.3 is 0 Å². The standard InChI is InChI=1S/C14H15BrN2O/c15-12-5-3-10(4-6-12)13-9-17-18-14(13)11-2-1-7-16-8-11/h3-6,9,11,16H,1-2,7-8H2. The van der Waals surface area contributed by atoms with E-state index in [1.807, 2.05) is 18.3 Å². The molecule has 0 spiro atoms. The van der Waals surface area contributed by atoms with Crippen LogP contribution in [-0.4, -0.2) is 18.2 Å². The van der Waals surface area contributed by atoms with E-state index in [2.05, 4.69) is 38.5 Å². The second kappa shape index (κ2) is 5.24. The minimum atomic E-state index is 0.444. The summed E-state index contributed by atoms with van der Waals surface area (Å²) in [5.41, 5.74) is 2.29. The van der Waals surface area contributed by atoms with Crippen LogP contribution in [0.1, 0.15) is 24.5 Å². The first kappa shape index (κ1) is 11.9. The fourth-order valence-corrected chi connectivity index (χ4v) is 2.73. The van der Waals surface area contributed by atoms with Crippen molar-refractivity contribution in [3.05, 3.63) is 40.7 Å². The highest BCUT2D eigenvalue weighted by molar-refractivity contribution is 9.10. The topological polar surface area (TPSA) is 38.1 Å². The maximum Gasteiger partial charge on any atom is 0.148 e. The summed E-state index contributed by atoms with van der Waals surface area (Å²) in [6.07, 6.45) is 4.20. The smallest absolute Gasteiger partial charge is 0.148 e. The van der Waals surface area contributed by atoms with Gasteiger partial charge in [0, 0.05) is 22.5 Å². The van der Waals surface area contributed by atoms with E-state index in [4.69, 9.17) is 4.52 Å². The summed E-state index contributed by atoms with van der Waals surface area (Å²) in [5.74, 6) is 1.46. The van der Waals surface area contributed by atoms with E-state index in [9.17, 15) is 0 Å². The largest absolute Gasteiger partial charge is 0.360 e. The molecule has 3 nitrogen and oxygen atoms in total. The third kappa shape index (κ3) is 2.35. The predicted molar refractivity (Wildman–Crippen MR) is 74.5 cm³/mol. The van der Waals surface area contributed by atoms with Crippen LogP contribution in [-0.2, 0) is 0 Å². The molecule has 2 heterocycles. The third-order valence-corrected chi connectivity index (χ3v) is 3.95. The van der Waals surface area contributed by atoms with Gasteiger partial charge in [-0.05, 0) is 37.1 Å². The molecule has 0 radical (unpaired) electrons. The van der Waals surface area contributed by atoms with Crippen LogP contribution < -0.4 is 5.32 Å². The molecule has 0 amide bonds. The molecule has 1 aromatic carbocycles. The Hall–Kier alpha value is -1.13. The van der Waals surface area contributed by atoms with Gasteiger partial charge in [0.05, 0.1) is 6.20 Å². The lowest BCUT2D eigenvalue weighted by atomic mass is 9.92. The number of rotatable bonds is 2. The fourth-order valence-electron chi connectivity index (χ4n) is 2.46. The highest BCUT2D eigenvalue weighted by Gasteiger charge is 2.22. The zero-order valence-electron chi connectivity index (χ0n) is 10.0. The number of aromatic nitrogens is 1. The molecule has 0 bridgehead atoms. The highest BCUT2D eigenvalue weighted by Crippen LogP contribution is 2.33. The number of halogens is 1. The number of piperidine rings is 1. The Morgan fingerprint density at radius 2 is 2.11 bits per heavy atom. The van der Waals surface area contributed by atoms with Gasteiger partial charge in [0.1, 0.15) is 5.76 Å². The van der Waals surface area contributed by atoms with Gasteiger partial charge in [-0.1, -0.05) is 33.2 Å². The number of benzene rings is 1. The summed E-state index contributed by atoms with van der Waals surface area (Å²) in [6, 6.07) is 8.28. The van der Waals surface area contributed by atoms with Crippen molar-refractivity contribution in [1.29, 1.82) is 0 Å². The quantitative estimate of drug-likeness (QED) is 0.921. The summed E-state index contributed by atoms with van der Waals surface area (Å²) in [7, 11) is 0. The molecular formula is C14H15BrN2O. The Morgan fingerprint density at radius 1 is 1.28 bits per heavy atom. The van der Waals surface area contributed by atoms with Crippen molar-refractivity contribution >= 4 is 15.9 Å². The highest BCUT2D eigenvalue weighted by atomic mass is 79.9. The van der Waals surface area contributed by atoms with Crippen molar-refractivity contribution in [1.82, 2.24) is 10.5 Å². The van der Waals surface area contributed by atoms with Crippen molar-refractivity contribution in [2.24, 2.45) is 0 Å². The van der Waals surface area contributed by atoms with Crippen LogP contribution >= 0.6 is 15.9 Å². The third-order valence-electron chi connectivity index (χ3n) is 3.42. The second-order valence-corrected chi connectivity index (χ2v) is 5.57. The van der Waals surface area contributed by atoms with Crippen LogP contribution in [0.2, 0.25) is 0 Å². The van der Waals surface area contributed by atoms with Crippen molar-refractivity contribution < 1.29 is 4.52 Å². The van der Waals surface area contributed by atoms with E-state index >= 15 is 0 Å². The second-order valence-electron chi connectivity index (χ2n) is 4.65. The van der Waals surface area contributed by atoms with Gasteiger partial charge in [-0.25, -0.2) is 0 Å². The SMILES string of the molecule is Brc1ccc(-c2cnoc2C2CCCNC2)cc1. The molecule has 1 atom stereocenters. The summed E-state index contributed by atoms with van der Waals surface area (Å²) < 4.78 is 6.57. The Balaban J connectivity index is 1.93. The van der Waals surface area contributed by atoms with Gasteiger partial charge in [0.25, 0.3) is 0 Å². The number of hydrogen-bond donors (Lipinski definition) is 1. The average Bonchev–Trinajstić information content (AvgIpc) is 2.90. The van der Waals surface area contributed by atoms with E-state index in [1.54, 1.807) is 0 Å². The number of nitrogens with one attached hydrogen (secondary N) is 1. The molecule has 18 heavy (non-hydrogen) atoms. The Morgan fingerprint density at radius 3 is 2.83 bits per heavy atom. The maximum atomic E-state index is 5.49. The van der Waals surface area contributed by atoms with Crippen LogP contribution in [0.15, 0.2) is 39.5 Å². The first-order chi connectivity index (χ1) is 8.84. The van der Waals surface area contributed by atoms with Gasteiger partial charge in [-0.2, -0.15) is 0 Å². The fraction of sp³-hybridized carbons (Fsp3) is 0.357. The van der Waals surface area contributed by atoms with Gasteiger partial charge in [0.15, 0.2) is 0 Å². The molecule has 0 saturated carbocycles. The number of hydrogen-bond acceptors (Lipinski definition) is 3. The van der Waals surface area contributed by atoms with Crippen molar-refractivity contribution in [3.63, 3.8) is 0 Å². The van der Waals surface area contributed by atoms with Crippen LogP contribution in [0.5, 0.6) is 0 Å².